The predicted molar refractivity (Wildman–Crippen MR) is 289 cm³/mol. The number of likely N-dealkylation sites (tertiary alicyclic amines) is 2. The van der Waals surface area contributed by atoms with E-state index in [1.165, 1.54) is 11.0 Å². The number of ether oxygens (including phenoxy) is 2. The Labute approximate surface area is 445 Å². The molecule has 4 fully saturated rings. The van der Waals surface area contributed by atoms with Crippen LogP contribution >= 0.6 is 11.3 Å². The summed E-state index contributed by atoms with van der Waals surface area (Å²) >= 11 is 1.57. The van der Waals surface area contributed by atoms with Gasteiger partial charge in [-0.05, 0) is 61.0 Å². The van der Waals surface area contributed by atoms with Crippen LogP contribution in [0.25, 0.3) is 43.5 Å². The van der Waals surface area contributed by atoms with Gasteiger partial charge in [-0.25, -0.2) is 9.37 Å². The molecule has 5 N–H and O–H groups in total. The lowest BCUT2D eigenvalue weighted by atomic mass is 9.85. The summed E-state index contributed by atoms with van der Waals surface area (Å²) in [6.07, 6.45) is 3.64. The number of nitrogens with zero attached hydrogens (tertiary/aromatic N) is 7. The number of fused-ring (bicyclic) bond motifs is 4. The van der Waals surface area contributed by atoms with Crippen molar-refractivity contribution in [2.45, 2.75) is 116 Å². The number of pyridine rings is 2. The number of H-pyrrole nitrogens is 1. The highest BCUT2D eigenvalue weighted by atomic mass is 32.1. The van der Waals surface area contributed by atoms with Gasteiger partial charge in [0.05, 0.1) is 45.9 Å². The summed E-state index contributed by atoms with van der Waals surface area (Å²) in [4.78, 5) is 82.3. The lowest BCUT2D eigenvalue weighted by Gasteiger charge is -2.46. The van der Waals surface area contributed by atoms with E-state index in [2.05, 4.69) is 52.6 Å². The molecule has 3 amide bonds. The third-order valence-corrected chi connectivity index (χ3v) is 16.4. The highest BCUT2D eigenvalue weighted by molar-refractivity contribution is 7.13. The minimum absolute atomic E-state index is 0.00867. The van der Waals surface area contributed by atoms with Gasteiger partial charge >= 0.3 is 6.01 Å². The van der Waals surface area contributed by atoms with Gasteiger partial charge in [0.1, 0.15) is 35.7 Å². The Morgan fingerprint density at radius 3 is 2.46 bits per heavy atom. The molecular weight excluding hydrogens is 990 g/mol. The summed E-state index contributed by atoms with van der Waals surface area (Å²) in [5.41, 5.74) is 4.00. The molecule has 0 spiro atoms. The number of thiazole rings is 1. The van der Waals surface area contributed by atoms with Crippen LogP contribution < -0.4 is 31.1 Å². The van der Waals surface area contributed by atoms with Crippen molar-refractivity contribution in [2.75, 3.05) is 57.4 Å². The molecule has 4 saturated heterocycles. The molecular formula is C56H68FN11O7S. The van der Waals surface area contributed by atoms with Gasteiger partial charge in [0.2, 0.25) is 23.3 Å². The van der Waals surface area contributed by atoms with Gasteiger partial charge in [0.25, 0.3) is 0 Å². The normalized spacial score (nSPS) is 22.4. The zero-order valence-corrected chi connectivity index (χ0v) is 44.8. The van der Waals surface area contributed by atoms with Crippen LogP contribution in [-0.4, -0.2) is 146 Å². The first kappa shape index (κ1) is 53.0. The third kappa shape index (κ3) is 11.3. The van der Waals surface area contributed by atoms with Gasteiger partial charge in [-0.15, -0.1) is 11.3 Å². The molecule has 2 bridgehead atoms. The van der Waals surface area contributed by atoms with Gasteiger partial charge in [-0.1, -0.05) is 76.2 Å². The largest absolute Gasteiger partial charge is 0.462 e. The topological polar surface area (TPSA) is 220 Å². The third-order valence-electron chi connectivity index (χ3n) is 15.5. The van der Waals surface area contributed by atoms with Crippen molar-refractivity contribution in [1.29, 1.82) is 0 Å². The molecule has 4 aromatic heterocycles. The number of aromatic amines is 1. The predicted octanol–water partition coefficient (Wildman–Crippen LogP) is 5.91. The Morgan fingerprint density at radius 1 is 0.974 bits per heavy atom. The van der Waals surface area contributed by atoms with Crippen LogP contribution in [0.15, 0.2) is 71.1 Å². The van der Waals surface area contributed by atoms with Crippen LogP contribution in [0.2, 0.25) is 0 Å². The second kappa shape index (κ2) is 22.3. The fourth-order valence-electron chi connectivity index (χ4n) is 11.3. The number of aromatic nitrogens is 5. The summed E-state index contributed by atoms with van der Waals surface area (Å²) in [7, 11) is 0. The van der Waals surface area contributed by atoms with E-state index in [9.17, 15) is 24.3 Å². The Bertz CT molecular complexity index is 3150. The molecule has 4 aliphatic rings. The molecule has 8 heterocycles. The standard InChI is InChI=1S/C56H68FN11O7S/c1-31-25-66(43(31)29-75-55-64-47-41(52(65-55)67-26-37-16-17-38(27-67)61-37)24-58-49(46(47)57)48-40-11-8-7-10-36(40)22-45(71)62-48)19-9-20-74-21-18-44(70)63-51(56(4,5)6)54(73)68-28-39(69)23-42(68)53(72)60-32(2)34-12-14-35(15-13-34)50-33(3)59-30-76-50/h7-8,10-15,22,24,30-32,37-39,42-43,51,61,69H,9,16-21,23,25-29H2,1-6H3,(H,60,72)(H,62,71)(H,63,70)/t31-,32+,37?,38?,39-,42+,43-,51-/m1/s1. The van der Waals surface area contributed by atoms with E-state index in [1.807, 2.05) is 88.7 Å². The first-order valence-corrected chi connectivity index (χ1v) is 27.4. The molecule has 20 heteroatoms. The van der Waals surface area contributed by atoms with E-state index in [-0.39, 0.29) is 85.0 Å². The number of aryl methyl sites for hydroxylation is 1. The van der Waals surface area contributed by atoms with E-state index < -0.39 is 35.3 Å². The van der Waals surface area contributed by atoms with Crippen molar-refractivity contribution in [3.63, 3.8) is 0 Å². The molecule has 2 unspecified atom stereocenters. The Balaban J connectivity index is 0.719. The molecule has 402 valence electrons. The molecule has 0 aliphatic carbocycles. The summed E-state index contributed by atoms with van der Waals surface area (Å²) in [6, 6.07) is 15.2. The van der Waals surface area contributed by atoms with Crippen molar-refractivity contribution < 1.29 is 33.4 Å². The average molecular weight is 1060 g/mol. The minimum Gasteiger partial charge on any atom is -0.462 e. The van der Waals surface area contributed by atoms with Gasteiger partial charge < -0.3 is 45.3 Å². The molecule has 10 rings (SSSR count). The van der Waals surface area contributed by atoms with Crippen LogP contribution in [-0.2, 0) is 19.1 Å². The number of benzene rings is 2. The monoisotopic (exact) mass is 1060 g/mol. The van der Waals surface area contributed by atoms with E-state index in [4.69, 9.17) is 14.5 Å². The summed E-state index contributed by atoms with van der Waals surface area (Å²) in [5.74, 6) is -0.925. The molecule has 76 heavy (non-hydrogen) atoms. The SMILES string of the molecule is Cc1ncsc1-c1ccc([C@H](C)NC(=O)[C@@H]2C[C@@H](O)CN2C(=O)[C@@H](NC(=O)CCOCCCN2C[C@@H](C)[C@H]2COc2nc(N3CC4CCC(C3)N4)c3cnc(-c4[nH]c(=O)cc5ccccc45)c(F)c3n2)C(C)(C)C)cc1. The van der Waals surface area contributed by atoms with Crippen LogP contribution in [0.1, 0.15) is 84.0 Å². The lowest BCUT2D eigenvalue weighted by molar-refractivity contribution is -0.144. The smallest absolute Gasteiger partial charge is 0.319 e. The maximum Gasteiger partial charge on any atom is 0.319 e. The first-order chi connectivity index (χ1) is 36.5. The first-order valence-electron chi connectivity index (χ1n) is 26.5. The average Bonchev–Trinajstić information content (AvgIpc) is 4.12. The fourth-order valence-corrected chi connectivity index (χ4v) is 12.1. The number of β-amino-alcohol motifs (C(OH)–C–C–N with tert-alkyl or cyclic N) is 1. The molecule has 6 aromatic rings. The molecule has 4 aliphatic heterocycles. The van der Waals surface area contributed by atoms with E-state index in [1.54, 1.807) is 17.5 Å². The number of aliphatic hydroxyl groups excluding tert-OH is 1. The maximum absolute atomic E-state index is 16.9. The number of carbonyl (C=O) groups excluding carboxylic acids is 3. The molecule has 2 aromatic carbocycles. The van der Waals surface area contributed by atoms with E-state index >= 15 is 4.39 Å². The number of piperazine rings is 1. The fraction of sp³-hybridized carbons (Fsp3) is 0.500. The van der Waals surface area contributed by atoms with Crippen molar-refractivity contribution >= 4 is 56.6 Å². The van der Waals surface area contributed by atoms with E-state index in [0.717, 1.165) is 47.6 Å². The van der Waals surface area contributed by atoms with E-state index in [0.29, 0.717) is 66.1 Å². The lowest BCUT2D eigenvalue weighted by Crippen LogP contribution is -2.58. The number of amides is 3. The van der Waals surface area contributed by atoms with Crippen molar-refractivity contribution in [3.05, 3.63) is 93.7 Å². The van der Waals surface area contributed by atoms with Crippen LogP contribution in [0.3, 0.4) is 0 Å². The molecule has 18 nitrogen and oxygen atoms in total. The second-order valence-corrected chi connectivity index (χ2v) is 23.0. The molecule has 0 radical (unpaired) electrons. The summed E-state index contributed by atoms with van der Waals surface area (Å²) in [5, 5.41) is 22.1. The van der Waals surface area contributed by atoms with Crippen molar-refractivity contribution in [3.8, 4) is 27.8 Å². The Morgan fingerprint density at radius 2 is 1.74 bits per heavy atom. The second-order valence-electron chi connectivity index (χ2n) is 22.1. The number of anilines is 1. The van der Waals surface area contributed by atoms with Crippen molar-refractivity contribution in [2.24, 2.45) is 11.3 Å². The van der Waals surface area contributed by atoms with Crippen LogP contribution in [0.4, 0.5) is 10.2 Å². The summed E-state index contributed by atoms with van der Waals surface area (Å²) in [6.45, 7) is 15.4. The molecule has 0 saturated carbocycles. The maximum atomic E-state index is 16.9. The highest BCUT2D eigenvalue weighted by Crippen LogP contribution is 2.36. The Kier molecular flexibility index (Phi) is 15.5. The number of rotatable bonds is 18. The number of carbonyl (C=O) groups is 3. The van der Waals surface area contributed by atoms with Gasteiger partial charge in [0.15, 0.2) is 5.82 Å². The Hall–Kier alpha value is -6.45. The minimum atomic E-state index is -0.951. The van der Waals surface area contributed by atoms with Gasteiger partial charge in [0, 0.05) is 87.9 Å². The highest BCUT2D eigenvalue weighted by Gasteiger charge is 2.45. The van der Waals surface area contributed by atoms with Gasteiger partial charge in [-0.2, -0.15) is 9.97 Å². The number of hydrogen-bond acceptors (Lipinski definition) is 15. The van der Waals surface area contributed by atoms with Crippen molar-refractivity contribution in [1.82, 2.24) is 50.7 Å². The zero-order valence-electron chi connectivity index (χ0n) is 44.0. The number of hydrogen-bond donors (Lipinski definition) is 5. The number of aliphatic hydroxyl groups is 1. The van der Waals surface area contributed by atoms with Gasteiger partial charge in [-0.3, -0.25) is 29.1 Å². The molecule has 8 atom stereocenters. The van der Waals surface area contributed by atoms with Crippen LogP contribution in [0, 0.1) is 24.1 Å². The zero-order chi connectivity index (χ0) is 53.4. The summed E-state index contributed by atoms with van der Waals surface area (Å²) < 4.78 is 29.2. The van der Waals surface area contributed by atoms with Crippen LogP contribution in [0.5, 0.6) is 6.01 Å². The number of halogens is 1. The quantitative estimate of drug-likeness (QED) is 0.0633. The number of nitrogens with one attached hydrogen (secondary N) is 4.